The predicted octanol–water partition coefficient (Wildman–Crippen LogP) is 5.03. The van der Waals surface area contributed by atoms with Crippen LogP contribution in [0.15, 0.2) is 36.4 Å². The van der Waals surface area contributed by atoms with E-state index < -0.39 is 0 Å². The molecular formula is C14H11Cl3FN. The number of halogens is 4. The third-order valence-corrected chi connectivity index (χ3v) is 3.87. The van der Waals surface area contributed by atoms with Crippen LogP contribution in [-0.4, -0.2) is 0 Å². The summed E-state index contributed by atoms with van der Waals surface area (Å²) in [5.41, 5.74) is 7.73. The Bertz CT molecular complexity index is 601. The molecule has 0 bridgehead atoms. The average molecular weight is 319 g/mol. The number of rotatable bonds is 3. The van der Waals surface area contributed by atoms with E-state index in [-0.39, 0.29) is 11.9 Å². The zero-order chi connectivity index (χ0) is 14.0. The molecule has 2 aromatic rings. The van der Waals surface area contributed by atoms with Gasteiger partial charge in [-0.1, -0.05) is 46.9 Å². The van der Waals surface area contributed by atoms with Crippen LogP contribution in [0.25, 0.3) is 0 Å². The highest BCUT2D eigenvalue weighted by atomic mass is 35.5. The quantitative estimate of drug-likeness (QED) is 0.844. The fourth-order valence-corrected chi connectivity index (χ4v) is 2.46. The second-order valence-corrected chi connectivity index (χ2v) is 5.45. The summed E-state index contributed by atoms with van der Waals surface area (Å²) in [5, 5.41) is 1.31. The molecule has 0 aliphatic heterocycles. The van der Waals surface area contributed by atoms with Crippen LogP contribution in [0.4, 0.5) is 4.39 Å². The molecule has 0 aliphatic carbocycles. The van der Waals surface area contributed by atoms with Crippen molar-refractivity contribution in [1.29, 1.82) is 0 Å². The molecule has 0 heterocycles. The highest BCUT2D eigenvalue weighted by Crippen LogP contribution is 2.27. The third kappa shape index (κ3) is 3.61. The highest BCUT2D eigenvalue weighted by molar-refractivity contribution is 6.42. The molecule has 0 spiro atoms. The van der Waals surface area contributed by atoms with Crippen molar-refractivity contribution in [2.24, 2.45) is 5.73 Å². The van der Waals surface area contributed by atoms with E-state index in [1.165, 1.54) is 12.1 Å². The topological polar surface area (TPSA) is 26.0 Å². The molecule has 2 N–H and O–H groups in total. The maximum absolute atomic E-state index is 13.0. The van der Waals surface area contributed by atoms with Gasteiger partial charge < -0.3 is 5.73 Å². The fourth-order valence-electron chi connectivity index (χ4n) is 1.83. The summed E-state index contributed by atoms with van der Waals surface area (Å²) < 4.78 is 13.0. The molecule has 100 valence electrons. The van der Waals surface area contributed by atoms with Gasteiger partial charge in [0.1, 0.15) is 5.82 Å². The zero-order valence-electron chi connectivity index (χ0n) is 9.84. The van der Waals surface area contributed by atoms with Gasteiger partial charge in [0.2, 0.25) is 0 Å². The molecular weight excluding hydrogens is 308 g/mol. The lowest BCUT2D eigenvalue weighted by Gasteiger charge is -2.14. The molecule has 0 aliphatic rings. The Kier molecular flexibility index (Phi) is 4.69. The SMILES string of the molecule is NC(Cc1ccc(Cl)c(Cl)c1)c1ccc(F)cc1Cl. The molecule has 2 aromatic carbocycles. The Morgan fingerprint density at radius 2 is 1.68 bits per heavy atom. The van der Waals surface area contributed by atoms with Gasteiger partial charge >= 0.3 is 0 Å². The van der Waals surface area contributed by atoms with Crippen LogP contribution in [0.3, 0.4) is 0 Å². The first-order valence-electron chi connectivity index (χ1n) is 5.62. The maximum Gasteiger partial charge on any atom is 0.124 e. The first kappa shape index (κ1) is 14.6. The molecule has 0 fully saturated rings. The largest absolute Gasteiger partial charge is 0.324 e. The predicted molar refractivity (Wildman–Crippen MR) is 78.5 cm³/mol. The highest BCUT2D eigenvalue weighted by Gasteiger charge is 2.12. The van der Waals surface area contributed by atoms with E-state index in [4.69, 9.17) is 40.5 Å². The van der Waals surface area contributed by atoms with Crippen molar-refractivity contribution in [3.63, 3.8) is 0 Å². The van der Waals surface area contributed by atoms with Gasteiger partial charge in [-0.25, -0.2) is 4.39 Å². The number of hydrogen-bond acceptors (Lipinski definition) is 1. The van der Waals surface area contributed by atoms with Crippen LogP contribution >= 0.6 is 34.8 Å². The minimum Gasteiger partial charge on any atom is -0.324 e. The van der Waals surface area contributed by atoms with Gasteiger partial charge in [0.05, 0.1) is 10.0 Å². The van der Waals surface area contributed by atoms with Crippen molar-refractivity contribution in [2.45, 2.75) is 12.5 Å². The van der Waals surface area contributed by atoms with Gasteiger partial charge in [-0.3, -0.25) is 0 Å². The van der Waals surface area contributed by atoms with Crippen LogP contribution < -0.4 is 5.73 Å². The van der Waals surface area contributed by atoms with Gasteiger partial charge in [-0.15, -0.1) is 0 Å². The summed E-state index contributed by atoms with van der Waals surface area (Å²) in [6, 6.07) is 9.21. The monoisotopic (exact) mass is 317 g/mol. The minimum atomic E-state index is -0.379. The summed E-state index contributed by atoms with van der Waals surface area (Å²) >= 11 is 17.8. The Morgan fingerprint density at radius 3 is 2.32 bits per heavy atom. The fraction of sp³-hybridized carbons (Fsp3) is 0.143. The van der Waals surface area contributed by atoms with E-state index in [0.29, 0.717) is 27.1 Å². The summed E-state index contributed by atoms with van der Waals surface area (Å²) in [4.78, 5) is 0. The van der Waals surface area contributed by atoms with Gasteiger partial charge in [0.25, 0.3) is 0 Å². The van der Waals surface area contributed by atoms with Crippen LogP contribution in [0.1, 0.15) is 17.2 Å². The van der Waals surface area contributed by atoms with Gasteiger partial charge in [-0.2, -0.15) is 0 Å². The summed E-state index contributed by atoms with van der Waals surface area (Å²) in [6.45, 7) is 0. The smallest absolute Gasteiger partial charge is 0.124 e. The molecule has 0 aromatic heterocycles. The van der Waals surface area contributed by atoms with E-state index in [2.05, 4.69) is 0 Å². The number of nitrogens with two attached hydrogens (primary N) is 1. The molecule has 0 saturated carbocycles. The lowest BCUT2D eigenvalue weighted by atomic mass is 9.99. The molecule has 0 saturated heterocycles. The van der Waals surface area contributed by atoms with E-state index in [0.717, 1.165) is 5.56 Å². The molecule has 1 unspecified atom stereocenters. The van der Waals surface area contributed by atoms with E-state index in [9.17, 15) is 4.39 Å². The Morgan fingerprint density at radius 1 is 0.947 bits per heavy atom. The van der Waals surface area contributed by atoms with E-state index in [1.54, 1.807) is 18.2 Å². The Labute approximate surface area is 126 Å². The first-order chi connectivity index (χ1) is 8.97. The van der Waals surface area contributed by atoms with Crippen molar-refractivity contribution in [3.8, 4) is 0 Å². The molecule has 1 nitrogen and oxygen atoms in total. The molecule has 2 rings (SSSR count). The molecule has 0 radical (unpaired) electrons. The van der Waals surface area contributed by atoms with Gasteiger partial charge in [0, 0.05) is 11.1 Å². The lowest BCUT2D eigenvalue weighted by molar-refractivity contribution is 0.624. The van der Waals surface area contributed by atoms with Crippen molar-refractivity contribution in [1.82, 2.24) is 0 Å². The summed E-state index contributed by atoms with van der Waals surface area (Å²) in [7, 11) is 0. The number of hydrogen-bond donors (Lipinski definition) is 1. The van der Waals surface area contributed by atoms with Crippen LogP contribution in [0.2, 0.25) is 15.1 Å². The molecule has 0 amide bonds. The minimum absolute atomic E-state index is 0.326. The first-order valence-corrected chi connectivity index (χ1v) is 6.75. The van der Waals surface area contributed by atoms with Gasteiger partial charge in [-0.05, 0) is 41.8 Å². The van der Waals surface area contributed by atoms with Crippen LogP contribution in [-0.2, 0) is 6.42 Å². The third-order valence-electron chi connectivity index (χ3n) is 2.80. The van der Waals surface area contributed by atoms with Crippen LogP contribution in [0.5, 0.6) is 0 Å². The Hall–Kier alpha value is -0.800. The molecule has 5 heteroatoms. The Balaban J connectivity index is 2.20. The molecule has 1 atom stereocenters. The van der Waals surface area contributed by atoms with E-state index >= 15 is 0 Å². The molecule has 19 heavy (non-hydrogen) atoms. The van der Waals surface area contributed by atoms with Crippen molar-refractivity contribution < 1.29 is 4.39 Å². The second-order valence-electron chi connectivity index (χ2n) is 4.22. The second kappa shape index (κ2) is 6.10. The zero-order valence-corrected chi connectivity index (χ0v) is 12.1. The van der Waals surface area contributed by atoms with Crippen molar-refractivity contribution in [2.75, 3.05) is 0 Å². The number of benzene rings is 2. The van der Waals surface area contributed by atoms with Crippen molar-refractivity contribution in [3.05, 3.63) is 68.4 Å². The van der Waals surface area contributed by atoms with Crippen molar-refractivity contribution >= 4 is 34.8 Å². The van der Waals surface area contributed by atoms with Gasteiger partial charge in [0.15, 0.2) is 0 Å². The van der Waals surface area contributed by atoms with E-state index in [1.807, 2.05) is 6.07 Å². The lowest BCUT2D eigenvalue weighted by Crippen LogP contribution is -2.14. The standard InChI is InChI=1S/C14H11Cl3FN/c15-11-4-1-8(5-13(11)17)6-14(19)10-3-2-9(18)7-12(10)16/h1-5,7,14H,6,19H2. The van der Waals surface area contributed by atoms with Crippen LogP contribution in [0, 0.1) is 5.82 Å². The maximum atomic E-state index is 13.0. The summed E-state index contributed by atoms with van der Waals surface area (Å²) in [6.07, 6.45) is 0.544. The average Bonchev–Trinajstić information content (AvgIpc) is 2.33. The summed E-state index contributed by atoms with van der Waals surface area (Å²) in [5.74, 6) is -0.379. The normalized spacial score (nSPS) is 12.5.